The minimum Gasteiger partial charge on any atom is -0.321 e. The lowest BCUT2D eigenvalue weighted by Gasteiger charge is -2.09. The first-order valence-electron chi connectivity index (χ1n) is 6.48. The van der Waals surface area contributed by atoms with E-state index in [4.69, 9.17) is 11.6 Å². The molecule has 1 aromatic carbocycles. The van der Waals surface area contributed by atoms with Gasteiger partial charge in [0.25, 0.3) is 5.91 Å². The summed E-state index contributed by atoms with van der Waals surface area (Å²) >= 11 is 5.97. The Labute approximate surface area is 127 Å². The Kier molecular flexibility index (Phi) is 4.53. The standard InChI is InChI=1S/C15H15ClFN3O/c1-8(2)14-18-7-11(16)13(20-14)15(21)19-10-4-5-12(17)9(3)6-10/h4-8H,1-3H3,(H,19,21). The Bertz CT molecular complexity index is 689. The van der Waals surface area contributed by atoms with E-state index >= 15 is 0 Å². The van der Waals surface area contributed by atoms with Crippen molar-refractivity contribution >= 4 is 23.2 Å². The second-order valence-electron chi connectivity index (χ2n) is 5.00. The quantitative estimate of drug-likeness (QED) is 0.934. The smallest absolute Gasteiger partial charge is 0.275 e. The van der Waals surface area contributed by atoms with Gasteiger partial charge in [0, 0.05) is 11.6 Å². The van der Waals surface area contributed by atoms with Crippen molar-refractivity contribution in [3.63, 3.8) is 0 Å². The monoisotopic (exact) mass is 307 g/mol. The molecule has 0 saturated carbocycles. The van der Waals surface area contributed by atoms with Crippen molar-refractivity contribution in [3.05, 3.63) is 52.3 Å². The van der Waals surface area contributed by atoms with Crippen LogP contribution in [-0.2, 0) is 0 Å². The molecule has 21 heavy (non-hydrogen) atoms. The van der Waals surface area contributed by atoms with Crippen molar-refractivity contribution in [3.8, 4) is 0 Å². The number of nitrogens with one attached hydrogen (secondary N) is 1. The molecule has 2 aromatic rings. The van der Waals surface area contributed by atoms with E-state index in [-0.39, 0.29) is 22.5 Å². The molecule has 0 spiro atoms. The van der Waals surface area contributed by atoms with Gasteiger partial charge in [0.15, 0.2) is 5.69 Å². The Morgan fingerprint density at radius 2 is 2.10 bits per heavy atom. The molecule has 4 nitrogen and oxygen atoms in total. The van der Waals surface area contributed by atoms with Crippen LogP contribution < -0.4 is 5.32 Å². The summed E-state index contributed by atoms with van der Waals surface area (Å²) in [5.41, 5.74) is 1.04. The summed E-state index contributed by atoms with van der Waals surface area (Å²) in [6.07, 6.45) is 1.41. The number of hydrogen-bond acceptors (Lipinski definition) is 3. The zero-order valence-electron chi connectivity index (χ0n) is 11.9. The highest BCUT2D eigenvalue weighted by atomic mass is 35.5. The Morgan fingerprint density at radius 1 is 1.38 bits per heavy atom. The zero-order valence-corrected chi connectivity index (χ0v) is 12.7. The van der Waals surface area contributed by atoms with Gasteiger partial charge in [-0.25, -0.2) is 14.4 Å². The van der Waals surface area contributed by atoms with Crippen molar-refractivity contribution in [2.45, 2.75) is 26.7 Å². The highest BCUT2D eigenvalue weighted by molar-refractivity contribution is 6.33. The van der Waals surface area contributed by atoms with Gasteiger partial charge in [-0.1, -0.05) is 25.4 Å². The summed E-state index contributed by atoms with van der Waals surface area (Å²) in [6, 6.07) is 4.33. The van der Waals surface area contributed by atoms with Crippen LogP contribution in [0.15, 0.2) is 24.4 Å². The first kappa shape index (κ1) is 15.4. The number of halogens is 2. The maximum absolute atomic E-state index is 13.2. The maximum atomic E-state index is 13.2. The molecule has 1 N–H and O–H groups in total. The minimum absolute atomic E-state index is 0.0851. The fraction of sp³-hybridized carbons (Fsp3) is 0.267. The number of benzene rings is 1. The van der Waals surface area contributed by atoms with Gasteiger partial charge < -0.3 is 5.32 Å². The van der Waals surface area contributed by atoms with Gasteiger partial charge in [0.2, 0.25) is 0 Å². The van der Waals surface area contributed by atoms with Gasteiger partial charge in [-0.2, -0.15) is 0 Å². The Hall–Kier alpha value is -2.01. The summed E-state index contributed by atoms with van der Waals surface area (Å²) < 4.78 is 13.2. The van der Waals surface area contributed by atoms with Crippen LogP contribution in [0.2, 0.25) is 5.02 Å². The first-order valence-corrected chi connectivity index (χ1v) is 6.86. The zero-order chi connectivity index (χ0) is 15.6. The molecule has 0 unspecified atom stereocenters. The molecule has 0 saturated heterocycles. The molecule has 0 bridgehead atoms. The molecule has 110 valence electrons. The van der Waals surface area contributed by atoms with Gasteiger partial charge >= 0.3 is 0 Å². The number of carbonyl (C=O) groups excluding carboxylic acids is 1. The summed E-state index contributed by atoms with van der Waals surface area (Å²) in [5, 5.41) is 2.83. The molecule has 6 heteroatoms. The molecule has 0 fully saturated rings. The van der Waals surface area contributed by atoms with Crippen LogP contribution >= 0.6 is 11.6 Å². The summed E-state index contributed by atoms with van der Waals surface area (Å²) in [5.74, 6) is -0.146. The normalized spacial score (nSPS) is 10.8. The average Bonchev–Trinajstić information content (AvgIpc) is 2.43. The Morgan fingerprint density at radius 3 is 2.71 bits per heavy atom. The van der Waals surface area contributed by atoms with Gasteiger partial charge in [-0.15, -0.1) is 0 Å². The van der Waals surface area contributed by atoms with E-state index in [0.717, 1.165) is 0 Å². The molecule has 1 amide bonds. The number of anilines is 1. The molecular weight excluding hydrogens is 293 g/mol. The first-order chi connectivity index (χ1) is 9.88. The van der Waals surface area contributed by atoms with Gasteiger partial charge in [0.05, 0.1) is 11.2 Å². The molecular formula is C15H15ClFN3O. The fourth-order valence-electron chi connectivity index (χ4n) is 1.73. The molecule has 1 aromatic heterocycles. The van der Waals surface area contributed by atoms with E-state index < -0.39 is 5.91 Å². The number of nitrogens with zero attached hydrogens (tertiary/aromatic N) is 2. The van der Waals surface area contributed by atoms with Crippen molar-refractivity contribution in [2.75, 3.05) is 5.32 Å². The predicted octanol–water partition coefficient (Wildman–Crippen LogP) is 3.95. The third-order valence-corrected chi connectivity index (χ3v) is 3.19. The summed E-state index contributed by atoms with van der Waals surface area (Å²) in [6.45, 7) is 5.47. The number of rotatable bonds is 3. The van der Waals surface area contributed by atoms with Crippen molar-refractivity contribution in [2.24, 2.45) is 0 Å². The van der Waals surface area contributed by atoms with Gasteiger partial charge in [-0.05, 0) is 30.7 Å². The van der Waals surface area contributed by atoms with Crippen molar-refractivity contribution < 1.29 is 9.18 Å². The SMILES string of the molecule is Cc1cc(NC(=O)c2nc(C(C)C)ncc2Cl)ccc1F. The van der Waals surface area contributed by atoms with Crippen LogP contribution in [-0.4, -0.2) is 15.9 Å². The molecule has 1 heterocycles. The maximum Gasteiger partial charge on any atom is 0.275 e. The molecule has 0 aliphatic rings. The molecule has 0 aliphatic heterocycles. The van der Waals surface area contributed by atoms with Crippen LogP contribution in [0.4, 0.5) is 10.1 Å². The lowest BCUT2D eigenvalue weighted by Crippen LogP contribution is -2.16. The second-order valence-corrected chi connectivity index (χ2v) is 5.40. The Balaban J connectivity index is 2.27. The summed E-state index contributed by atoms with van der Waals surface area (Å²) in [4.78, 5) is 20.5. The van der Waals surface area contributed by atoms with Crippen LogP contribution in [0.25, 0.3) is 0 Å². The third kappa shape index (κ3) is 3.55. The number of hydrogen-bond donors (Lipinski definition) is 1. The largest absolute Gasteiger partial charge is 0.321 e. The van der Waals surface area contributed by atoms with Gasteiger partial charge in [0.1, 0.15) is 11.6 Å². The molecule has 0 atom stereocenters. The molecule has 2 rings (SSSR count). The van der Waals surface area contributed by atoms with E-state index in [2.05, 4.69) is 15.3 Å². The average molecular weight is 308 g/mol. The molecule has 0 aliphatic carbocycles. The number of carbonyl (C=O) groups is 1. The minimum atomic E-state index is -0.449. The summed E-state index contributed by atoms with van der Waals surface area (Å²) in [7, 11) is 0. The van der Waals surface area contributed by atoms with Crippen molar-refractivity contribution in [1.29, 1.82) is 0 Å². The van der Waals surface area contributed by atoms with E-state index in [1.807, 2.05) is 13.8 Å². The number of amides is 1. The predicted molar refractivity (Wildman–Crippen MR) is 80.2 cm³/mol. The van der Waals surface area contributed by atoms with Crippen LogP contribution in [0.5, 0.6) is 0 Å². The van der Waals surface area contributed by atoms with Crippen LogP contribution in [0, 0.1) is 12.7 Å². The number of aryl methyl sites for hydroxylation is 1. The fourth-order valence-corrected chi connectivity index (χ4v) is 1.91. The van der Waals surface area contributed by atoms with E-state index in [9.17, 15) is 9.18 Å². The van der Waals surface area contributed by atoms with Crippen LogP contribution in [0.3, 0.4) is 0 Å². The van der Waals surface area contributed by atoms with E-state index in [1.54, 1.807) is 13.0 Å². The number of aromatic nitrogens is 2. The third-order valence-electron chi connectivity index (χ3n) is 2.91. The molecule has 0 radical (unpaired) electrons. The highest BCUT2D eigenvalue weighted by Gasteiger charge is 2.16. The van der Waals surface area contributed by atoms with Crippen LogP contribution in [0.1, 0.15) is 41.6 Å². The van der Waals surface area contributed by atoms with Crippen molar-refractivity contribution in [1.82, 2.24) is 9.97 Å². The second kappa shape index (κ2) is 6.18. The lowest BCUT2D eigenvalue weighted by atomic mass is 10.2. The highest BCUT2D eigenvalue weighted by Crippen LogP contribution is 2.19. The van der Waals surface area contributed by atoms with Gasteiger partial charge in [-0.3, -0.25) is 4.79 Å². The lowest BCUT2D eigenvalue weighted by molar-refractivity contribution is 0.102. The van der Waals surface area contributed by atoms with E-state index in [0.29, 0.717) is 17.1 Å². The van der Waals surface area contributed by atoms with E-state index in [1.165, 1.54) is 18.3 Å². The topological polar surface area (TPSA) is 54.9 Å².